The van der Waals surface area contributed by atoms with Crippen LogP contribution in [-0.2, 0) is 5.15 Å². The minimum Gasteiger partial charge on any atom is -0.430 e. The summed E-state index contributed by atoms with van der Waals surface area (Å²) >= 11 is 0. The molecule has 0 bridgehead atoms. The molecular weight excluding hydrogens is 376 g/mol. The first-order chi connectivity index (χ1) is 11.1. The molecule has 10 heteroatoms. The van der Waals surface area contributed by atoms with E-state index in [0.717, 1.165) is 5.56 Å². The van der Waals surface area contributed by atoms with Gasteiger partial charge in [-0.3, -0.25) is 4.40 Å². The lowest BCUT2D eigenvalue weighted by Gasteiger charge is -2.14. The van der Waals surface area contributed by atoms with Crippen LogP contribution in [0.3, 0.4) is 0 Å². The molecule has 0 fully saturated rings. The Labute approximate surface area is 142 Å². The maximum Gasteiger partial charge on any atom is 0.408 e. The molecule has 0 radical (unpaired) electrons. The van der Waals surface area contributed by atoms with Crippen molar-refractivity contribution in [2.75, 3.05) is 0 Å². The van der Waals surface area contributed by atoms with Gasteiger partial charge in [0.25, 0.3) is 0 Å². The zero-order valence-electron chi connectivity index (χ0n) is 12.2. The van der Waals surface area contributed by atoms with E-state index in [9.17, 15) is 13.2 Å². The zero-order chi connectivity index (χ0) is 17.5. The Morgan fingerprint density at radius 3 is 2.17 bits per heavy atom. The summed E-state index contributed by atoms with van der Waals surface area (Å²) in [5, 5.41) is -1.78. The van der Waals surface area contributed by atoms with Crippen LogP contribution in [0.5, 0.6) is 5.75 Å². The summed E-state index contributed by atoms with van der Waals surface area (Å²) in [6.45, 7) is 0. The number of rotatable bonds is 4. The van der Waals surface area contributed by atoms with Gasteiger partial charge < -0.3 is 4.74 Å². The molecule has 0 saturated carbocycles. The normalized spacial score (nSPS) is 12.6. The minimum atomic E-state index is -3.32. The summed E-state index contributed by atoms with van der Waals surface area (Å²) in [6, 6.07) is 6.10. The van der Waals surface area contributed by atoms with Gasteiger partial charge in [0.05, 0.1) is 6.20 Å². The second-order valence-electron chi connectivity index (χ2n) is 5.11. The quantitative estimate of drug-likeness (QED) is 0.633. The van der Waals surface area contributed by atoms with Crippen LogP contribution >= 0.6 is 27.7 Å². The van der Waals surface area contributed by atoms with Crippen molar-refractivity contribution in [2.24, 2.45) is 0 Å². The third-order valence-electron chi connectivity index (χ3n) is 3.17. The van der Waals surface area contributed by atoms with Gasteiger partial charge in [-0.15, -0.1) is 0 Å². The summed E-state index contributed by atoms with van der Waals surface area (Å²) in [5.41, 5.74) is 1.91. The molecule has 0 N–H and O–H groups in total. The minimum absolute atomic E-state index is 0.0359. The highest BCUT2D eigenvalue weighted by Crippen LogP contribution is 2.39. The van der Waals surface area contributed by atoms with E-state index in [1.165, 1.54) is 32.0 Å². The number of imidazole rings is 1. The largest absolute Gasteiger partial charge is 0.430 e. The van der Waals surface area contributed by atoms with Crippen LogP contribution in [0.2, 0.25) is 0 Å². The molecule has 0 aliphatic carbocycles. The van der Waals surface area contributed by atoms with Gasteiger partial charge >= 0.3 is 5.85 Å². The van der Waals surface area contributed by atoms with Crippen molar-refractivity contribution < 1.29 is 17.9 Å². The van der Waals surface area contributed by atoms with E-state index < -0.39 is 11.0 Å². The number of fused-ring (bicyclic) bond motifs is 1. The van der Waals surface area contributed by atoms with Crippen molar-refractivity contribution in [2.45, 2.75) is 11.0 Å². The van der Waals surface area contributed by atoms with Gasteiger partial charge in [-0.25, -0.2) is 14.4 Å². The molecule has 3 unspecified atom stereocenters. The van der Waals surface area contributed by atoms with Crippen LogP contribution in [0.25, 0.3) is 16.8 Å². The second kappa shape index (κ2) is 6.22. The van der Waals surface area contributed by atoms with Crippen molar-refractivity contribution in [3.63, 3.8) is 0 Å². The number of hydrogen-bond donors (Lipinski definition) is 0. The smallest absolute Gasteiger partial charge is 0.408 e. The summed E-state index contributed by atoms with van der Waals surface area (Å²) in [6.07, 6.45) is 4.76. The Kier molecular flexibility index (Phi) is 4.55. The van der Waals surface area contributed by atoms with E-state index >= 15 is 0 Å². The molecule has 2 heterocycles. The van der Waals surface area contributed by atoms with E-state index in [0.29, 0.717) is 11.2 Å². The van der Waals surface area contributed by atoms with E-state index in [4.69, 9.17) is 0 Å². The van der Waals surface area contributed by atoms with Crippen molar-refractivity contribution >= 4 is 33.4 Å². The lowest BCUT2D eigenvalue weighted by molar-refractivity contribution is -0.0892. The Bertz CT molecular complexity index is 873. The average Bonchev–Trinajstić information content (AvgIpc) is 2.89. The fourth-order valence-corrected chi connectivity index (χ4v) is 2.75. The number of halogens is 3. The van der Waals surface area contributed by atoms with E-state index in [1.54, 1.807) is 24.5 Å². The highest BCUT2D eigenvalue weighted by molar-refractivity contribution is 7.38. The molecule has 0 aliphatic heterocycles. The zero-order valence-corrected chi connectivity index (χ0v) is 15.6. The molecule has 3 aromatic rings. The molecule has 0 amide bonds. The molecule has 0 saturated heterocycles. The Balaban J connectivity index is 1.97. The molecular formula is C14H13F3N3OP3. The standard InChI is InChI=1S/C14H13F3N3OP3/c15-13(22,23)12-19-6-11-18-5-9(7-20(11)12)8-1-3-10(4-2-8)21-14(16,17)24/h1-7H,22-24H2. The number of ether oxygens (including phenoxy) is 1. The van der Waals surface area contributed by atoms with Crippen LogP contribution in [0, 0.1) is 0 Å². The molecule has 24 heavy (non-hydrogen) atoms. The SMILES string of the molecule is FC(F)(P)Oc1ccc(-c2cnc3cnc(C(F)(P)P)n3c2)cc1. The summed E-state index contributed by atoms with van der Waals surface area (Å²) in [5.74, 6) is -3.12. The lowest BCUT2D eigenvalue weighted by Crippen LogP contribution is -2.14. The predicted octanol–water partition coefficient (Wildman–Crippen LogP) is 4.03. The fraction of sp³-hybridized carbons (Fsp3) is 0.143. The second-order valence-corrected chi connectivity index (χ2v) is 8.13. The number of aromatic nitrogens is 3. The van der Waals surface area contributed by atoms with Crippen molar-refractivity contribution in [3.05, 3.63) is 48.7 Å². The molecule has 2 aromatic heterocycles. The fourth-order valence-electron chi connectivity index (χ4n) is 2.19. The van der Waals surface area contributed by atoms with Gasteiger partial charge in [0.15, 0.2) is 16.6 Å². The van der Waals surface area contributed by atoms with E-state index in [2.05, 4.69) is 33.2 Å². The molecule has 1 aromatic carbocycles. The Morgan fingerprint density at radius 2 is 1.58 bits per heavy atom. The molecule has 0 aliphatic rings. The maximum atomic E-state index is 14.2. The average molecular weight is 389 g/mol. The van der Waals surface area contributed by atoms with E-state index in [-0.39, 0.29) is 11.6 Å². The first-order valence-corrected chi connectivity index (χ1v) is 8.43. The van der Waals surface area contributed by atoms with Gasteiger partial charge in [-0.05, 0) is 26.9 Å². The van der Waals surface area contributed by atoms with Crippen LogP contribution < -0.4 is 4.74 Å². The Hall–Kier alpha value is -1.28. The third-order valence-corrected chi connectivity index (χ3v) is 3.80. The predicted molar refractivity (Wildman–Crippen MR) is 95.9 cm³/mol. The number of nitrogens with zero attached hydrogens (tertiary/aromatic N) is 3. The van der Waals surface area contributed by atoms with Crippen molar-refractivity contribution in [3.8, 4) is 16.9 Å². The van der Waals surface area contributed by atoms with Gasteiger partial charge in [0, 0.05) is 18.0 Å². The first kappa shape index (κ1) is 17.5. The Morgan fingerprint density at radius 1 is 0.917 bits per heavy atom. The summed E-state index contributed by atoms with van der Waals surface area (Å²) in [4.78, 5) is 8.27. The molecule has 0 spiro atoms. The van der Waals surface area contributed by atoms with Gasteiger partial charge in [-0.2, -0.15) is 8.78 Å². The highest BCUT2D eigenvalue weighted by atomic mass is 31.1. The maximum absolute atomic E-state index is 14.2. The number of alkyl halides is 3. The molecule has 3 atom stereocenters. The molecule has 3 rings (SSSR count). The first-order valence-electron chi connectivity index (χ1n) is 6.70. The van der Waals surface area contributed by atoms with Crippen molar-refractivity contribution in [1.82, 2.24) is 14.4 Å². The van der Waals surface area contributed by atoms with Gasteiger partial charge in [-0.1, -0.05) is 30.6 Å². The highest BCUT2D eigenvalue weighted by Gasteiger charge is 2.25. The number of benzene rings is 1. The molecule has 4 nitrogen and oxygen atoms in total. The lowest BCUT2D eigenvalue weighted by atomic mass is 10.1. The summed E-state index contributed by atoms with van der Waals surface area (Å²) in [7, 11) is 5.43. The number of hydrogen-bond acceptors (Lipinski definition) is 3. The van der Waals surface area contributed by atoms with Gasteiger partial charge in [0.2, 0.25) is 0 Å². The van der Waals surface area contributed by atoms with Crippen LogP contribution in [-0.4, -0.2) is 20.2 Å². The van der Waals surface area contributed by atoms with E-state index in [1.807, 2.05) is 0 Å². The molecule has 126 valence electrons. The van der Waals surface area contributed by atoms with Crippen molar-refractivity contribution in [1.29, 1.82) is 0 Å². The summed E-state index contributed by atoms with van der Waals surface area (Å²) < 4.78 is 45.8. The van der Waals surface area contributed by atoms with Crippen LogP contribution in [0.4, 0.5) is 13.2 Å². The third kappa shape index (κ3) is 3.85. The van der Waals surface area contributed by atoms with Crippen LogP contribution in [0.1, 0.15) is 5.82 Å². The van der Waals surface area contributed by atoms with Gasteiger partial charge in [0.1, 0.15) is 5.75 Å². The monoisotopic (exact) mass is 389 g/mol. The topological polar surface area (TPSA) is 39.4 Å². The van der Waals surface area contributed by atoms with Crippen LogP contribution in [0.15, 0.2) is 42.9 Å².